The fourth-order valence-electron chi connectivity index (χ4n) is 8.47. The average molecular weight is 765 g/mol. The summed E-state index contributed by atoms with van der Waals surface area (Å²) in [6, 6.07) is 0.678. The Kier molecular flexibility index (Phi) is 14.5. The van der Waals surface area contributed by atoms with Gasteiger partial charge in [-0.25, -0.2) is 14.8 Å². The first-order chi connectivity index (χ1) is 24.9. The fourth-order valence-corrected chi connectivity index (χ4v) is 9.19. The average Bonchev–Trinajstić information content (AvgIpc) is 3.39. The molecule has 0 radical (unpaired) electrons. The van der Waals surface area contributed by atoms with Crippen LogP contribution in [-0.2, 0) is 38.1 Å². The van der Waals surface area contributed by atoms with E-state index in [1.54, 1.807) is 58.0 Å². The van der Waals surface area contributed by atoms with E-state index in [0.29, 0.717) is 23.8 Å². The third-order valence-electron chi connectivity index (χ3n) is 11.5. The quantitative estimate of drug-likeness (QED) is 0.119. The van der Waals surface area contributed by atoms with E-state index in [0.717, 1.165) is 0 Å². The molecule has 15 heteroatoms. The van der Waals surface area contributed by atoms with Gasteiger partial charge in [0.15, 0.2) is 22.8 Å². The molecule has 4 rings (SSSR count). The number of ketones is 2. The maximum atomic E-state index is 14.6. The molecule has 1 aromatic heterocycles. The second-order valence-corrected chi connectivity index (χ2v) is 16.7. The summed E-state index contributed by atoms with van der Waals surface area (Å²) in [4.78, 5) is 68.3. The van der Waals surface area contributed by atoms with Crippen LogP contribution in [0.5, 0.6) is 0 Å². The number of hydrogen-bond acceptors (Lipinski definition) is 14. The first kappa shape index (κ1) is 43.0. The lowest BCUT2D eigenvalue weighted by molar-refractivity contribution is -0.295. The van der Waals surface area contributed by atoms with E-state index >= 15 is 0 Å². The number of methoxy groups -OCH3 is 1. The van der Waals surface area contributed by atoms with Crippen molar-refractivity contribution in [2.24, 2.45) is 23.7 Å². The van der Waals surface area contributed by atoms with Crippen LogP contribution in [0, 0.1) is 23.7 Å². The van der Waals surface area contributed by atoms with Crippen LogP contribution in [0.4, 0.5) is 4.79 Å². The number of nitrogens with zero attached hydrogens (tertiary/aromatic N) is 4. The number of carbonyl (C=O) groups excluding carboxylic acids is 4. The fraction of sp³-hybridized carbons (Fsp3) is 0.789. The number of rotatable bonds is 10. The maximum Gasteiger partial charge on any atom is 0.410 e. The molecule has 0 aliphatic carbocycles. The van der Waals surface area contributed by atoms with Crippen LogP contribution in [0.1, 0.15) is 81.1 Å². The summed E-state index contributed by atoms with van der Waals surface area (Å²) in [6.45, 7) is 14.2. The predicted octanol–water partition coefficient (Wildman–Crippen LogP) is 4.16. The molecule has 0 bridgehead atoms. The normalized spacial score (nSPS) is 39.0. The molecule has 1 N–H and O–H groups in total. The Hall–Kier alpha value is -2.69. The summed E-state index contributed by atoms with van der Waals surface area (Å²) in [5.74, 6) is -4.33. The summed E-state index contributed by atoms with van der Waals surface area (Å²) < 4.78 is 31.0. The molecular weight excluding hydrogens is 705 g/mol. The molecule has 3 saturated heterocycles. The van der Waals surface area contributed by atoms with E-state index in [-0.39, 0.29) is 37.3 Å². The number of fused-ring (bicyclic) bond motifs is 1. The molecule has 4 heterocycles. The first-order valence-electron chi connectivity index (χ1n) is 18.8. The Morgan fingerprint density at radius 2 is 1.70 bits per heavy atom. The Labute approximate surface area is 318 Å². The van der Waals surface area contributed by atoms with Gasteiger partial charge in [0.05, 0.1) is 23.9 Å². The lowest BCUT2D eigenvalue weighted by Crippen LogP contribution is -2.60. The predicted molar refractivity (Wildman–Crippen MR) is 197 cm³/mol. The molecule has 1 unspecified atom stereocenters. The molecule has 0 spiro atoms. The van der Waals surface area contributed by atoms with E-state index in [1.165, 1.54) is 25.8 Å². The molecule has 0 aromatic carbocycles. The molecule has 3 fully saturated rings. The van der Waals surface area contributed by atoms with Gasteiger partial charge in [-0.05, 0) is 73.5 Å². The number of amides is 1. The number of hydrogen-bond donors (Lipinski definition) is 1. The topological polar surface area (TPSA) is 167 Å². The van der Waals surface area contributed by atoms with Crippen LogP contribution in [0.3, 0.4) is 0 Å². The van der Waals surface area contributed by atoms with E-state index < -0.39 is 83.4 Å². The number of cyclic esters (lactones) is 1. The SMILES string of the molecule is CC[C@H]1OC(=O)[C@H](C)C(=O)[C@H](C)[C@@H](O[C@@H]2O[C@H](C)C[C@H](N(C)C)[C@H]2O)[C@@](C)(OC)C[C@@H](C)C(=O)[C@H](C)C2N(CCCSc3ncccn3)C(=O)O[C@@]21C. The zero-order valence-electron chi connectivity index (χ0n) is 33.1. The summed E-state index contributed by atoms with van der Waals surface area (Å²) in [7, 11) is 5.23. The number of Topliss-reactive ketones (excluding diaryl/α,β-unsaturated/α-hetero) is 2. The van der Waals surface area contributed by atoms with Gasteiger partial charge < -0.3 is 38.6 Å². The van der Waals surface area contributed by atoms with E-state index in [2.05, 4.69) is 9.97 Å². The monoisotopic (exact) mass is 764 g/mol. The summed E-state index contributed by atoms with van der Waals surface area (Å²) >= 11 is 1.46. The van der Waals surface area contributed by atoms with Crippen LogP contribution in [-0.4, -0.2) is 136 Å². The van der Waals surface area contributed by atoms with Crippen LogP contribution in [0.25, 0.3) is 0 Å². The minimum atomic E-state index is -1.39. The highest BCUT2D eigenvalue weighted by Gasteiger charge is 2.60. The largest absolute Gasteiger partial charge is 0.458 e. The van der Waals surface area contributed by atoms with Gasteiger partial charge in [0.25, 0.3) is 0 Å². The summed E-state index contributed by atoms with van der Waals surface area (Å²) in [5, 5.41) is 12.0. The Morgan fingerprint density at radius 1 is 1.04 bits per heavy atom. The van der Waals surface area contributed by atoms with Crippen molar-refractivity contribution in [3.63, 3.8) is 0 Å². The zero-order valence-corrected chi connectivity index (χ0v) is 34.0. The third-order valence-corrected chi connectivity index (χ3v) is 12.4. The van der Waals surface area contributed by atoms with Gasteiger partial charge in [-0.15, -0.1) is 0 Å². The molecule has 13 atom stereocenters. The number of carbonyl (C=O) groups is 4. The number of ether oxygens (including phenoxy) is 5. The minimum absolute atomic E-state index is 0.131. The second-order valence-electron chi connectivity index (χ2n) is 15.6. The molecule has 53 heavy (non-hydrogen) atoms. The van der Waals surface area contributed by atoms with Gasteiger partial charge in [-0.2, -0.15) is 0 Å². The zero-order chi connectivity index (χ0) is 39.4. The molecule has 298 valence electrons. The number of thioether (sulfide) groups is 1. The lowest BCUT2D eigenvalue weighted by atomic mass is 9.73. The van der Waals surface area contributed by atoms with Gasteiger partial charge >= 0.3 is 12.1 Å². The minimum Gasteiger partial charge on any atom is -0.458 e. The van der Waals surface area contributed by atoms with Crippen molar-refractivity contribution in [1.82, 2.24) is 19.8 Å². The molecule has 3 aliphatic rings. The highest BCUT2D eigenvalue weighted by molar-refractivity contribution is 7.99. The third kappa shape index (κ3) is 9.24. The van der Waals surface area contributed by atoms with Crippen molar-refractivity contribution in [1.29, 1.82) is 0 Å². The summed E-state index contributed by atoms with van der Waals surface area (Å²) in [6.07, 6.45) is -0.146. The van der Waals surface area contributed by atoms with E-state index in [1.807, 2.05) is 32.8 Å². The molecule has 1 amide bonds. The molecule has 0 saturated carbocycles. The lowest BCUT2D eigenvalue weighted by Gasteiger charge is -2.47. The standard InChI is InChI=1S/C38H60N4O10S/c1-12-27-38(8)31(42(36(47)52-38)17-14-18-53-35-39-15-13-16-40-35)23(4)28(43)21(2)20-37(7,48-11)32(24(5)29(44)25(6)33(46)50-27)51-34-30(45)26(41(9)10)19-22(3)49-34/h13,15-16,21-27,30-32,34,45H,12,14,17-20H2,1-11H3/t21-,22-,23+,24+,25-,26+,27-,30-,31?,32-,34+,37+,38-/m1/s1. The number of likely N-dealkylation sites (N-methyl/N-ethyl adjacent to an activating group) is 1. The molecule has 3 aliphatic heterocycles. The van der Waals surface area contributed by atoms with Crippen molar-refractivity contribution < 1.29 is 48.0 Å². The number of esters is 1. The maximum absolute atomic E-state index is 14.6. The Balaban J connectivity index is 1.71. The highest BCUT2D eigenvalue weighted by Crippen LogP contribution is 2.43. The molecular formula is C38H60N4O10S. The summed E-state index contributed by atoms with van der Waals surface area (Å²) in [5.41, 5.74) is -2.66. The smallest absolute Gasteiger partial charge is 0.410 e. The number of aromatic nitrogens is 2. The number of aliphatic hydroxyl groups excluding tert-OH is 1. The van der Waals surface area contributed by atoms with Gasteiger partial charge in [0.2, 0.25) is 0 Å². The van der Waals surface area contributed by atoms with E-state index in [4.69, 9.17) is 23.7 Å². The van der Waals surface area contributed by atoms with Crippen molar-refractivity contribution in [2.75, 3.05) is 33.5 Å². The Bertz CT molecular complexity index is 1440. The van der Waals surface area contributed by atoms with Crippen LogP contribution in [0.15, 0.2) is 23.6 Å². The van der Waals surface area contributed by atoms with Crippen molar-refractivity contribution in [2.45, 2.75) is 140 Å². The molecule has 1 aromatic rings. The van der Waals surface area contributed by atoms with Crippen molar-refractivity contribution in [3.05, 3.63) is 18.5 Å². The molecule has 14 nitrogen and oxygen atoms in total. The number of aliphatic hydroxyl groups is 1. The highest BCUT2D eigenvalue weighted by atomic mass is 32.2. The Morgan fingerprint density at radius 3 is 2.30 bits per heavy atom. The van der Waals surface area contributed by atoms with Gasteiger partial charge in [0.1, 0.15) is 23.9 Å². The van der Waals surface area contributed by atoms with Gasteiger partial charge in [0, 0.05) is 55.6 Å². The van der Waals surface area contributed by atoms with Crippen molar-refractivity contribution in [3.8, 4) is 0 Å². The van der Waals surface area contributed by atoms with E-state index in [9.17, 15) is 24.3 Å². The van der Waals surface area contributed by atoms with Crippen LogP contribution < -0.4 is 0 Å². The second kappa shape index (κ2) is 17.8. The van der Waals surface area contributed by atoms with Gasteiger partial charge in [-0.3, -0.25) is 14.4 Å². The van der Waals surface area contributed by atoms with Crippen molar-refractivity contribution >= 4 is 35.4 Å². The van der Waals surface area contributed by atoms with Gasteiger partial charge in [-0.1, -0.05) is 39.5 Å². The van der Waals surface area contributed by atoms with Crippen LogP contribution >= 0.6 is 11.8 Å². The van der Waals surface area contributed by atoms with Crippen LogP contribution in [0.2, 0.25) is 0 Å². The first-order valence-corrected chi connectivity index (χ1v) is 19.8.